The molecule has 0 radical (unpaired) electrons. The number of aromatic nitrogens is 3. The lowest BCUT2D eigenvalue weighted by Crippen LogP contribution is -2.55. The number of anilines is 2. The molecule has 4 rings (SSSR count). The highest BCUT2D eigenvalue weighted by atomic mass is 127. The minimum atomic E-state index is 0. The van der Waals surface area contributed by atoms with Crippen molar-refractivity contribution in [3.8, 4) is 0 Å². The summed E-state index contributed by atoms with van der Waals surface area (Å²) in [5.41, 5.74) is 1.90. The fourth-order valence-electron chi connectivity index (χ4n) is 3.91. The summed E-state index contributed by atoms with van der Waals surface area (Å²) in [6.07, 6.45) is 7.99. The molecule has 2 saturated heterocycles. The maximum atomic E-state index is 12.7. The zero-order valence-electron chi connectivity index (χ0n) is 18.2. The largest absolute Gasteiger partial charge is 0.357 e. The molecule has 10 heteroatoms. The minimum Gasteiger partial charge on any atom is -0.357 e. The summed E-state index contributed by atoms with van der Waals surface area (Å²) in [6.45, 7) is 7.14. The van der Waals surface area contributed by atoms with Crippen LogP contribution in [0.4, 0.5) is 11.5 Å². The number of amides is 1. The van der Waals surface area contributed by atoms with Crippen molar-refractivity contribution in [2.24, 2.45) is 12.0 Å². The lowest BCUT2D eigenvalue weighted by Gasteiger charge is -2.35. The molecule has 168 valence electrons. The fourth-order valence-corrected chi connectivity index (χ4v) is 3.91. The highest BCUT2D eigenvalue weighted by molar-refractivity contribution is 14.0. The predicted octanol–water partition coefficient (Wildman–Crippen LogP) is 1.85. The van der Waals surface area contributed by atoms with Crippen molar-refractivity contribution < 1.29 is 4.79 Å². The van der Waals surface area contributed by atoms with Crippen LogP contribution in [0.3, 0.4) is 0 Å². The van der Waals surface area contributed by atoms with Crippen LogP contribution < -0.4 is 15.1 Å². The Morgan fingerprint density at radius 1 is 1.16 bits per heavy atom. The summed E-state index contributed by atoms with van der Waals surface area (Å²) in [7, 11) is 1.85. The van der Waals surface area contributed by atoms with E-state index in [1.807, 2.05) is 31.3 Å². The molecule has 0 aromatic carbocycles. The Bertz CT molecular complexity index is 891. The van der Waals surface area contributed by atoms with Gasteiger partial charge in [-0.3, -0.25) is 9.48 Å². The van der Waals surface area contributed by atoms with Gasteiger partial charge in [0, 0.05) is 52.2 Å². The van der Waals surface area contributed by atoms with Crippen molar-refractivity contribution in [1.29, 1.82) is 0 Å². The van der Waals surface area contributed by atoms with E-state index in [1.165, 1.54) is 12.8 Å². The van der Waals surface area contributed by atoms with Crippen molar-refractivity contribution in [2.75, 3.05) is 49.1 Å². The number of pyridine rings is 1. The van der Waals surface area contributed by atoms with Crippen LogP contribution in [0.1, 0.15) is 25.3 Å². The van der Waals surface area contributed by atoms with Gasteiger partial charge in [-0.05, 0) is 31.4 Å². The summed E-state index contributed by atoms with van der Waals surface area (Å²) in [4.78, 5) is 28.2. The van der Waals surface area contributed by atoms with Gasteiger partial charge in [0.25, 0.3) is 0 Å². The van der Waals surface area contributed by atoms with Gasteiger partial charge in [-0.1, -0.05) is 6.07 Å². The van der Waals surface area contributed by atoms with Crippen molar-refractivity contribution in [2.45, 2.75) is 26.3 Å². The van der Waals surface area contributed by atoms with Gasteiger partial charge in [-0.25, -0.2) is 9.98 Å². The Morgan fingerprint density at radius 3 is 2.58 bits per heavy atom. The number of carbonyl (C=O) groups excluding carboxylic acids is 1. The maximum absolute atomic E-state index is 12.7. The first kappa shape index (κ1) is 23.3. The maximum Gasteiger partial charge on any atom is 0.246 e. The second-order valence-corrected chi connectivity index (χ2v) is 7.73. The van der Waals surface area contributed by atoms with Crippen molar-refractivity contribution in [3.05, 3.63) is 36.3 Å². The Morgan fingerprint density at radius 2 is 1.97 bits per heavy atom. The molecule has 2 fully saturated rings. The van der Waals surface area contributed by atoms with E-state index in [-0.39, 0.29) is 29.9 Å². The number of carbonyl (C=O) groups is 1. The van der Waals surface area contributed by atoms with Gasteiger partial charge < -0.3 is 20.0 Å². The van der Waals surface area contributed by atoms with Gasteiger partial charge in [-0.2, -0.15) is 5.10 Å². The van der Waals surface area contributed by atoms with E-state index in [0.717, 1.165) is 49.2 Å². The molecule has 9 nitrogen and oxygen atoms in total. The summed E-state index contributed by atoms with van der Waals surface area (Å²) >= 11 is 0. The Balaban J connectivity index is 0.00000272. The molecule has 31 heavy (non-hydrogen) atoms. The molecule has 0 atom stereocenters. The number of piperazine rings is 1. The van der Waals surface area contributed by atoms with Crippen LogP contribution in [0.2, 0.25) is 0 Å². The average Bonchev–Trinajstić information content (AvgIpc) is 3.43. The minimum absolute atomic E-state index is 0. The molecule has 2 aromatic heterocycles. The van der Waals surface area contributed by atoms with Gasteiger partial charge in [0.2, 0.25) is 5.91 Å². The molecule has 2 aliphatic heterocycles. The van der Waals surface area contributed by atoms with E-state index < -0.39 is 0 Å². The van der Waals surface area contributed by atoms with Crippen LogP contribution in [0.5, 0.6) is 0 Å². The molecule has 0 spiro atoms. The summed E-state index contributed by atoms with van der Waals surface area (Å²) in [6, 6.07) is 4.18. The monoisotopic (exact) mass is 538 g/mol. The van der Waals surface area contributed by atoms with Gasteiger partial charge in [-0.15, -0.1) is 24.0 Å². The third-order valence-electron chi connectivity index (χ3n) is 5.51. The van der Waals surface area contributed by atoms with E-state index in [9.17, 15) is 4.79 Å². The number of aryl methyl sites for hydroxylation is 1. The number of guanidine groups is 1. The SMILES string of the molecule is CCNC(=NCc1ccc(N2CCCC2)nc1)N1CCN(c2cnn(C)c2)C(=O)C1.I. The van der Waals surface area contributed by atoms with Crippen LogP contribution in [0.25, 0.3) is 0 Å². The average molecular weight is 538 g/mol. The first-order chi connectivity index (χ1) is 14.6. The number of rotatable bonds is 5. The predicted molar refractivity (Wildman–Crippen MR) is 133 cm³/mol. The van der Waals surface area contributed by atoms with Crippen LogP contribution >= 0.6 is 24.0 Å². The van der Waals surface area contributed by atoms with Gasteiger partial charge in [0.15, 0.2) is 5.96 Å². The molecule has 0 saturated carbocycles. The van der Waals surface area contributed by atoms with Gasteiger partial charge >= 0.3 is 0 Å². The lowest BCUT2D eigenvalue weighted by atomic mass is 10.2. The van der Waals surface area contributed by atoms with E-state index in [1.54, 1.807) is 15.8 Å². The van der Waals surface area contributed by atoms with Crippen LogP contribution in [-0.4, -0.2) is 70.8 Å². The third kappa shape index (κ3) is 5.66. The molecule has 4 heterocycles. The molecule has 1 amide bonds. The molecule has 0 unspecified atom stereocenters. The highest BCUT2D eigenvalue weighted by Gasteiger charge is 2.27. The molecular weight excluding hydrogens is 507 g/mol. The first-order valence-electron chi connectivity index (χ1n) is 10.7. The smallest absolute Gasteiger partial charge is 0.246 e. The zero-order valence-corrected chi connectivity index (χ0v) is 20.5. The second-order valence-electron chi connectivity index (χ2n) is 7.73. The van der Waals surface area contributed by atoms with E-state index in [4.69, 9.17) is 4.99 Å². The quantitative estimate of drug-likeness (QED) is 0.356. The van der Waals surface area contributed by atoms with Gasteiger partial charge in [0.1, 0.15) is 12.4 Å². The van der Waals surface area contributed by atoms with E-state index in [2.05, 4.69) is 32.4 Å². The molecule has 2 aliphatic rings. The number of halogens is 1. The van der Waals surface area contributed by atoms with Crippen LogP contribution in [0.15, 0.2) is 35.7 Å². The number of nitrogens with zero attached hydrogens (tertiary/aromatic N) is 7. The Kier molecular flexibility index (Phi) is 8.10. The molecular formula is C21H31IN8O. The van der Waals surface area contributed by atoms with Crippen molar-refractivity contribution >= 4 is 47.3 Å². The van der Waals surface area contributed by atoms with Crippen molar-refractivity contribution in [1.82, 2.24) is 25.0 Å². The third-order valence-corrected chi connectivity index (χ3v) is 5.51. The number of nitrogens with one attached hydrogen (secondary N) is 1. The summed E-state index contributed by atoms with van der Waals surface area (Å²) in [5, 5.41) is 7.49. The second kappa shape index (κ2) is 10.8. The number of hydrogen-bond acceptors (Lipinski definition) is 5. The molecule has 0 bridgehead atoms. The van der Waals surface area contributed by atoms with Gasteiger partial charge in [0.05, 0.1) is 18.4 Å². The standard InChI is InChI=1S/C21H30N8O.HI/c1-3-22-21(24-13-17-6-7-19(23-12-17)27-8-4-5-9-27)28-10-11-29(20(30)16-28)18-14-25-26(2)15-18;/h6-7,12,14-15H,3-5,8-11,13,16H2,1-2H3,(H,22,24);1H. The van der Waals surface area contributed by atoms with E-state index >= 15 is 0 Å². The molecule has 0 aliphatic carbocycles. The summed E-state index contributed by atoms with van der Waals surface area (Å²) < 4.78 is 1.71. The molecule has 1 N–H and O–H groups in total. The van der Waals surface area contributed by atoms with Crippen LogP contribution in [0, 0.1) is 0 Å². The lowest BCUT2D eigenvalue weighted by molar-refractivity contribution is -0.120. The topological polar surface area (TPSA) is 81.9 Å². The zero-order chi connectivity index (χ0) is 20.9. The fraction of sp³-hybridized carbons (Fsp3) is 0.524. The Labute approximate surface area is 200 Å². The van der Waals surface area contributed by atoms with Crippen LogP contribution in [-0.2, 0) is 18.4 Å². The number of hydrogen-bond donors (Lipinski definition) is 1. The molecule has 2 aromatic rings. The van der Waals surface area contributed by atoms with E-state index in [0.29, 0.717) is 19.6 Å². The summed E-state index contributed by atoms with van der Waals surface area (Å²) in [5.74, 6) is 1.86. The number of aliphatic imine (C=N–C) groups is 1. The Hall–Kier alpha value is -2.37. The normalized spacial score (nSPS) is 17.2. The van der Waals surface area contributed by atoms with Crippen molar-refractivity contribution in [3.63, 3.8) is 0 Å². The first-order valence-corrected chi connectivity index (χ1v) is 10.7. The highest BCUT2D eigenvalue weighted by Crippen LogP contribution is 2.18.